The van der Waals surface area contributed by atoms with Gasteiger partial charge in [0.15, 0.2) is 0 Å². The maximum atomic E-state index is 13.6. The van der Waals surface area contributed by atoms with Crippen molar-refractivity contribution >= 4 is 5.97 Å². The van der Waals surface area contributed by atoms with Gasteiger partial charge in [-0.05, 0) is 42.4 Å². The fourth-order valence-electron chi connectivity index (χ4n) is 2.40. The number of aryl methyl sites for hydroxylation is 1. The van der Waals surface area contributed by atoms with E-state index in [-0.39, 0.29) is 12.3 Å². The van der Waals surface area contributed by atoms with Gasteiger partial charge in [-0.1, -0.05) is 0 Å². The monoisotopic (exact) mass is 226 g/mol. The van der Waals surface area contributed by atoms with E-state index in [4.69, 9.17) is 5.11 Å². The second-order valence-corrected chi connectivity index (χ2v) is 4.15. The zero-order valence-electron chi connectivity index (χ0n) is 8.67. The summed E-state index contributed by atoms with van der Waals surface area (Å²) in [4.78, 5) is 10.7. The van der Waals surface area contributed by atoms with Crippen molar-refractivity contribution in [1.82, 2.24) is 0 Å². The Labute approximate surface area is 91.9 Å². The number of fused-ring (bicyclic) bond motifs is 1. The number of halogens is 2. The smallest absolute Gasteiger partial charge is 0.303 e. The Morgan fingerprint density at radius 1 is 1.44 bits per heavy atom. The van der Waals surface area contributed by atoms with Crippen LogP contribution in [0.3, 0.4) is 0 Å². The van der Waals surface area contributed by atoms with E-state index in [9.17, 15) is 13.6 Å². The van der Waals surface area contributed by atoms with E-state index in [1.165, 1.54) is 6.07 Å². The fourth-order valence-corrected chi connectivity index (χ4v) is 2.40. The second-order valence-electron chi connectivity index (χ2n) is 4.15. The van der Waals surface area contributed by atoms with Crippen LogP contribution in [0.25, 0.3) is 0 Å². The van der Waals surface area contributed by atoms with Gasteiger partial charge in [0.05, 0.1) is 6.42 Å². The normalized spacial score (nSPS) is 19.2. The molecular weight excluding hydrogens is 214 g/mol. The molecule has 1 N–H and O–H groups in total. The molecule has 2 nitrogen and oxygen atoms in total. The van der Waals surface area contributed by atoms with Gasteiger partial charge >= 0.3 is 5.97 Å². The summed E-state index contributed by atoms with van der Waals surface area (Å²) < 4.78 is 26.6. The molecule has 0 amide bonds. The number of hydrogen-bond acceptors (Lipinski definition) is 1. The Morgan fingerprint density at radius 2 is 2.19 bits per heavy atom. The van der Waals surface area contributed by atoms with Gasteiger partial charge in [0.25, 0.3) is 0 Å². The van der Waals surface area contributed by atoms with Crippen LogP contribution >= 0.6 is 0 Å². The molecule has 0 fully saturated rings. The Balaban J connectivity index is 2.41. The van der Waals surface area contributed by atoms with E-state index in [1.54, 1.807) is 0 Å². The minimum Gasteiger partial charge on any atom is -0.481 e. The Morgan fingerprint density at radius 3 is 2.88 bits per heavy atom. The van der Waals surface area contributed by atoms with E-state index in [2.05, 4.69) is 0 Å². The first kappa shape index (κ1) is 11.0. The van der Waals surface area contributed by atoms with Crippen molar-refractivity contribution in [3.63, 3.8) is 0 Å². The topological polar surface area (TPSA) is 37.3 Å². The van der Waals surface area contributed by atoms with Crippen molar-refractivity contribution in [2.75, 3.05) is 0 Å². The number of aliphatic carboxylic acids is 1. The summed E-state index contributed by atoms with van der Waals surface area (Å²) in [6, 6.07) is 2.14. The molecule has 0 spiro atoms. The number of carboxylic acids is 1. The minimum absolute atomic E-state index is 0.0877. The van der Waals surface area contributed by atoms with E-state index in [0.29, 0.717) is 24.0 Å². The summed E-state index contributed by atoms with van der Waals surface area (Å²) in [5.74, 6) is -2.46. The lowest BCUT2D eigenvalue weighted by molar-refractivity contribution is -0.137. The highest BCUT2D eigenvalue weighted by molar-refractivity contribution is 5.68. The molecule has 0 aromatic heterocycles. The molecule has 0 radical (unpaired) electrons. The summed E-state index contributed by atoms with van der Waals surface area (Å²) in [5.41, 5.74) is 1.02. The van der Waals surface area contributed by atoms with Crippen LogP contribution in [0, 0.1) is 11.6 Å². The highest BCUT2D eigenvalue weighted by Gasteiger charge is 2.26. The fraction of sp³-hybridized carbons (Fsp3) is 0.417. The van der Waals surface area contributed by atoms with Crippen LogP contribution in [0.5, 0.6) is 0 Å². The number of benzene rings is 1. The maximum Gasteiger partial charge on any atom is 0.303 e. The first-order valence-electron chi connectivity index (χ1n) is 5.27. The van der Waals surface area contributed by atoms with Crippen molar-refractivity contribution < 1.29 is 18.7 Å². The van der Waals surface area contributed by atoms with Crippen LogP contribution in [0.4, 0.5) is 8.78 Å². The molecule has 1 aliphatic rings. The molecule has 1 unspecified atom stereocenters. The van der Waals surface area contributed by atoms with Gasteiger partial charge in [-0.2, -0.15) is 0 Å². The summed E-state index contributed by atoms with van der Waals surface area (Å²) in [5, 5.41) is 8.74. The standard InChI is InChI=1S/C12H12F2O2/c13-9-4-7-2-1-3-8(5-11(15)16)12(7)10(14)6-9/h4,6,8H,1-3,5H2,(H,15,16). The molecule has 2 rings (SSSR count). The zero-order chi connectivity index (χ0) is 11.7. The van der Waals surface area contributed by atoms with Crippen molar-refractivity contribution in [2.45, 2.75) is 31.6 Å². The highest BCUT2D eigenvalue weighted by atomic mass is 19.1. The first-order chi connectivity index (χ1) is 7.58. The Bertz CT molecular complexity index is 429. The van der Waals surface area contributed by atoms with Gasteiger partial charge in [-0.3, -0.25) is 4.79 Å². The van der Waals surface area contributed by atoms with Crippen molar-refractivity contribution in [2.24, 2.45) is 0 Å². The summed E-state index contributed by atoms with van der Waals surface area (Å²) in [7, 11) is 0. The molecule has 1 aliphatic carbocycles. The summed E-state index contributed by atoms with van der Waals surface area (Å²) in [6.45, 7) is 0. The average Bonchev–Trinajstić information content (AvgIpc) is 2.15. The molecule has 1 atom stereocenters. The molecular formula is C12H12F2O2. The van der Waals surface area contributed by atoms with Crippen LogP contribution in [-0.2, 0) is 11.2 Å². The first-order valence-corrected chi connectivity index (χ1v) is 5.27. The molecule has 1 aromatic carbocycles. The Kier molecular flexibility index (Phi) is 2.90. The van der Waals surface area contributed by atoms with Crippen LogP contribution < -0.4 is 0 Å². The predicted octanol–water partition coefficient (Wildman–Crippen LogP) is 2.86. The lowest BCUT2D eigenvalue weighted by Crippen LogP contribution is -2.15. The summed E-state index contributed by atoms with van der Waals surface area (Å²) >= 11 is 0. The average molecular weight is 226 g/mol. The van der Waals surface area contributed by atoms with Crippen molar-refractivity contribution in [3.8, 4) is 0 Å². The molecule has 0 heterocycles. The molecule has 1 aromatic rings. The third-order valence-electron chi connectivity index (χ3n) is 3.01. The number of carbonyl (C=O) groups is 1. The third kappa shape index (κ3) is 2.05. The number of rotatable bonds is 2. The Hall–Kier alpha value is -1.45. The minimum atomic E-state index is -0.943. The maximum absolute atomic E-state index is 13.6. The molecule has 0 saturated carbocycles. The SMILES string of the molecule is O=C(O)CC1CCCc2cc(F)cc(F)c21. The quantitative estimate of drug-likeness (QED) is 0.841. The number of hydrogen-bond donors (Lipinski definition) is 1. The lowest BCUT2D eigenvalue weighted by Gasteiger charge is -2.24. The molecule has 86 valence electrons. The molecule has 0 aliphatic heterocycles. The van der Waals surface area contributed by atoms with Crippen molar-refractivity contribution in [1.29, 1.82) is 0 Å². The molecule has 16 heavy (non-hydrogen) atoms. The second kappa shape index (κ2) is 4.20. The molecule has 0 saturated heterocycles. The van der Waals surface area contributed by atoms with Gasteiger partial charge < -0.3 is 5.11 Å². The van der Waals surface area contributed by atoms with E-state index in [1.807, 2.05) is 0 Å². The van der Waals surface area contributed by atoms with Gasteiger partial charge in [-0.15, -0.1) is 0 Å². The molecule has 0 bridgehead atoms. The largest absolute Gasteiger partial charge is 0.481 e. The van der Waals surface area contributed by atoms with E-state index >= 15 is 0 Å². The third-order valence-corrected chi connectivity index (χ3v) is 3.01. The highest BCUT2D eigenvalue weighted by Crippen LogP contribution is 2.36. The van der Waals surface area contributed by atoms with Gasteiger partial charge in [-0.25, -0.2) is 8.78 Å². The van der Waals surface area contributed by atoms with Crippen LogP contribution in [0.2, 0.25) is 0 Å². The zero-order valence-corrected chi connectivity index (χ0v) is 8.67. The number of carboxylic acid groups (broad SMARTS) is 1. The van der Waals surface area contributed by atoms with E-state index in [0.717, 1.165) is 12.5 Å². The van der Waals surface area contributed by atoms with Gasteiger partial charge in [0, 0.05) is 6.07 Å². The summed E-state index contributed by atoms with van der Waals surface area (Å²) in [6.07, 6.45) is 1.98. The molecule has 4 heteroatoms. The lowest BCUT2D eigenvalue weighted by atomic mass is 9.80. The van der Waals surface area contributed by atoms with Crippen LogP contribution in [-0.4, -0.2) is 11.1 Å². The van der Waals surface area contributed by atoms with Gasteiger partial charge in [0.2, 0.25) is 0 Å². The van der Waals surface area contributed by atoms with Crippen LogP contribution in [0.15, 0.2) is 12.1 Å². The van der Waals surface area contributed by atoms with E-state index < -0.39 is 17.6 Å². The predicted molar refractivity (Wildman–Crippen MR) is 54.3 cm³/mol. The van der Waals surface area contributed by atoms with Crippen LogP contribution in [0.1, 0.15) is 36.3 Å². The van der Waals surface area contributed by atoms with Crippen molar-refractivity contribution in [3.05, 3.63) is 34.9 Å². The van der Waals surface area contributed by atoms with Gasteiger partial charge in [0.1, 0.15) is 11.6 Å².